The summed E-state index contributed by atoms with van der Waals surface area (Å²) in [5.41, 5.74) is 5.88. The van der Waals surface area contributed by atoms with Crippen molar-refractivity contribution in [2.45, 2.75) is 32.6 Å². The summed E-state index contributed by atoms with van der Waals surface area (Å²) in [6.45, 7) is 2.24. The maximum absolute atomic E-state index is 9.80. The Balaban J connectivity index is 1.38. The first-order valence-electron chi connectivity index (χ1n) is 19.7. The molecule has 3 atom stereocenters. The van der Waals surface area contributed by atoms with Gasteiger partial charge in [0.2, 0.25) is 0 Å². The molecule has 0 bridgehead atoms. The molecular weight excluding hydrogens is 762 g/mol. The molecule has 0 radical (unpaired) electrons. The number of hydrogen-bond acceptors (Lipinski definition) is 7. The molecule has 6 rings (SSSR count). The van der Waals surface area contributed by atoms with E-state index >= 15 is 0 Å². The maximum atomic E-state index is 9.80. The van der Waals surface area contributed by atoms with E-state index in [1.807, 2.05) is 115 Å². The summed E-state index contributed by atoms with van der Waals surface area (Å²) in [5.74, 6) is 3.85. The fourth-order valence-corrected chi connectivity index (χ4v) is 9.89. The Morgan fingerprint density at radius 1 is 0.621 bits per heavy atom. The third-order valence-electron chi connectivity index (χ3n) is 9.53. The van der Waals surface area contributed by atoms with Gasteiger partial charge in [0.15, 0.2) is 0 Å². The Bertz CT molecular complexity index is 2160. The van der Waals surface area contributed by atoms with Crippen LogP contribution in [0.3, 0.4) is 0 Å². The van der Waals surface area contributed by atoms with Gasteiger partial charge in [-0.2, -0.15) is 0 Å². The molecule has 5 aromatic rings. The number of benzene rings is 5. The van der Waals surface area contributed by atoms with Crippen molar-refractivity contribution in [1.82, 2.24) is 0 Å². The molecule has 1 aliphatic rings. The summed E-state index contributed by atoms with van der Waals surface area (Å²) in [6.07, 6.45) is 16.2. The molecule has 0 saturated carbocycles. The van der Waals surface area contributed by atoms with Gasteiger partial charge in [-0.25, -0.2) is 0 Å². The molecule has 0 aromatic heterocycles. The topological polar surface area (TPSA) is 75.6 Å². The molecule has 300 valence electrons. The molecular formula is C49H52O7P2. The van der Waals surface area contributed by atoms with Crippen LogP contribution in [0.1, 0.15) is 38.2 Å². The van der Waals surface area contributed by atoms with E-state index in [1.165, 1.54) is 0 Å². The third kappa shape index (κ3) is 11.4. The van der Waals surface area contributed by atoms with Crippen LogP contribution in [0, 0.1) is 5.92 Å². The lowest BCUT2D eigenvalue weighted by Gasteiger charge is -2.29. The van der Waals surface area contributed by atoms with Crippen molar-refractivity contribution >= 4 is 22.3 Å². The normalized spacial score (nSPS) is 15.0. The summed E-state index contributed by atoms with van der Waals surface area (Å²) in [4.78, 5) is 0. The highest BCUT2D eigenvalue weighted by atomic mass is 31.2. The Kier molecular flexibility index (Phi) is 16.5. The number of ether oxygens (including phenoxy) is 2. The Morgan fingerprint density at radius 3 is 1.71 bits per heavy atom. The van der Waals surface area contributed by atoms with Crippen LogP contribution in [-0.2, 0) is 9.05 Å². The van der Waals surface area contributed by atoms with E-state index in [2.05, 4.69) is 49.4 Å². The zero-order valence-electron chi connectivity index (χ0n) is 33.4. The molecule has 0 spiro atoms. The minimum absolute atomic E-state index is 0.139. The lowest BCUT2D eigenvalue weighted by atomic mass is 9.83. The van der Waals surface area contributed by atoms with Gasteiger partial charge in [0.1, 0.15) is 28.8 Å². The van der Waals surface area contributed by atoms with E-state index in [0.29, 0.717) is 30.2 Å². The van der Waals surface area contributed by atoms with E-state index in [1.54, 1.807) is 20.5 Å². The Labute approximate surface area is 346 Å². The lowest BCUT2D eigenvalue weighted by Crippen LogP contribution is -2.12. The Morgan fingerprint density at radius 2 is 1.14 bits per heavy atom. The van der Waals surface area contributed by atoms with Crippen molar-refractivity contribution < 1.29 is 32.7 Å². The molecule has 58 heavy (non-hydrogen) atoms. The molecule has 5 aromatic carbocycles. The average Bonchev–Trinajstić information content (AvgIpc) is 3.27. The van der Waals surface area contributed by atoms with Crippen molar-refractivity contribution in [3.8, 4) is 45.3 Å². The molecule has 0 heterocycles. The molecule has 1 aliphatic carbocycles. The largest absolute Gasteiger partial charge is 0.496 e. The van der Waals surface area contributed by atoms with Crippen molar-refractivity contribution in [2.24, 2.45) is 5.92 Å². The quantitative estimate of drug-likeness (QED) is 0.0449. The highest BCUT2D eigenvalue weighted by Crippen LogP contribution is 2.52. The number of para-hydroxylation sites is 4. The van der Waals surface area contributed by atoms with Crippen molar-refractivity contribution in [2.75, 3.05) is 33.2 Å². The zero-order chi connectivity index (χ0) is 40.4. The predicted octanol–water partition coefficient (Wildman–Crippen LogP) is 13.4. The smallest absolute Gasteiger partial charge is 0.290 e. The fourth-order valence-electron chi connectivity index (χ4n) is 6.78. The number of rotatable bonds is 21. The van der Waals surface area contributed by atoms with Gasteiger partial charge in [-0.3, -0.25) is 0 Å². The summed E-state index contributed by atoms with van der Waals surface area (Å²) >= 11 is 0. The first kappa shape index (κ1) is 42.3. The van der Waals surface area contributed by atoms with Crippen LogP contribution in [0.15, 0.2) is 170 Å². The van der Waals surface area contributed by atoms with E-state index < -0.39 is 16.8 Å². The van der Waals surface area contributed by atoms with E-state index in [9.17, 15) is 5.11 Å². The summed E-state index contributed by atoms with van der Waals surface area (Å²) in [6, 6.07) is 42.2. The third-order valence-corrected chi connectivity index (χ3v) is 12.6. The SMILES string of the molecule is CC/C=C\C=C/OP(CCP(OC1=C(c2ccccc2)[C@@H](CCCO)CC=C1)Oc1ccccc1-c1ccccc1OC)Oc1ccccc1-c1ccccc1OC. The molecule has 7 nitrogen and oxygen atoms in total. The van der Waals surface area contributed by atoms with Gasteiger partial charge in [-0.15, -0.1) is 0 Å². The van der Waals surface area contributed by atoms with Crippen LogP contribution in [0.5, 0.6) is 23.0 Å². The van der Waals surface area contributed by atoms with E-state index in [-0.39, 0.29) is 12.5 Å². The van der Waals surface area contributed by atoms with Gasteiger partial charge in [0.05, 0.1) is 32.8 Å². The number of hydrogen-bond donors (Lipinski definition) is 1. The standard InChI is InChI=1S/C49H52O7P2/c1-4-5-6-18-35-53-57(54-46-31-16-12-27-42(46)40-25-10-14-29-44(40)51-2)36-37-58(55-47-32-17-13-28-43(47)41-26-11-15-30-45(41)52-3)56-48-33-19-23-39(24-20-34-50)49(48)38-21-8-7-9-22-38/h5-19,21-22,25-33,35,39,50H,4,20,23-24,34,36-37H2,1-3H3/b6-5-,35-18-/t39-,57?,58?/m1/s1. The lowest BCUT2D eigenvalue weighted by molar-refractivity contribution is 0.277. The highest BCUT2D eigenvalue weighted by molar-refractivity contribution is 7.52. The van der Waals surface area contributed by atoms with E-state index in [0.717, 1.165) is 69.9 Å². The van der Waals surface area contributed by atoms with Gasteiger partial charge < -0.3 is 32.7 Å². The number of allylic oxidation sites excluding steroid dienone is 6. The van der Waals surface area contributed by atoms with Crippen LogP contribution in [-0.4, -0.2) is 38.3 Å². The summed E-state index contributed by atoms with van der Waals surface area (Å²) in [5, 5.41) is 9.80. The summed E-state index contributed by atoms with van der Waals surface area (Å²) in [7, 11) is 0.209. The number of aliphatic hydroxyl groups excluding tert-OH is 1. The number of aliphatic hydroxyl groups is 1. The second-order valence-electron chi connectivity index (χ2n) is 13.4. The molecule has 0 amide bonds. The zero-order valence-corrected chi connectivity index (χ0v) is 35.2. The minimum atomic E-state index is -1.62. The molecule has 0 fully saturated rings. The van der Waals surface area contributed by atoms with Crippen LogP contribution in [0.4, 0.5) is 0 Å². The van der Waals surface area contributed by atoms with Crippen molar-refractivity contribution in [1.29, 1.82) is 0 Å². The van der Waals surface area contributed by atoms with Crippen LogP contribution >= 0.6 is 16.8 Å². The Hall–Kier alpha value is -5.32. The molecule has 0 saturated heterocycles. The van der Waals surface area contributed by atoms with Gasteiger partial charge in [0.25, 0.3) is 16.8 Å². The molecule has 2 unspecified atom stereocenters. The van der Waals surface area contributed by atoms with Crippen LogP contribution < -0.4 is 18.5 Å². The molecule has 0 aliphatic heterocycles. The van der Waals surface area contributed by atoms with Gasteiger partial charge in [-0.1, -0.05) is 128 Å². The van der Waals surface area contributed by atoms with Crippen molar-refractivity contribution in [3.05, 3.63) is 175 Å². The van der Waals surface area contributed by atoms with E-state index in [4.69, 9.17) is 27.6 Å². The average molecular weight is 815 g/mol. The summed E-state index contributed by atoms with van der Waals surface area (Å²) < 4.78 is 38.9. The highest BCUT2D eigenvalue weighted by Gasteiger charge is 2.28. The van der Waals surface area contributed by atoms with Crippen molar-refractivity contribution in [3.63, 3.8) is 0 Å². The maximum Gasteiger partial charge on any atom is 0.290 e. The second-order valence-corrected chi connectivity index (χ2v) is 16.4. The first-order valence-corrected chi connectivity index (χ1v) is 22.4. The second kappa shape index (κ2) is 22.6. The van der Waals surface area contributed by atoms with Gasteiger partial charge >= 0.3 is 0 Å². The van der Waals surface area contributed by atoms with Crippen LogP contribution in [0.25, 0.3) is 27.8 Å². The first-order chi connectivity index (χ1) is 28.6. The molecule has 9 heteroatoms. The monoisotopic (exact) mass is 814 g/mol. The molecule has 1 N–H and O–H groups in total. The van der Waals surface area contributed by atoms with Crippen LogP contribution in [0.2, 0.25) is 0 Å². The van der Waals surface area contributed by atoms with Gasteiger partial charge in [0, 0.05) is 34.4 Å². The minimum Gasteiger partial charge on any atom is -0.496 e. The number of methoxy groups -OCH3 is 2. The predicted molar refractivity (Wildman–Crippen MR) is 239 cm³/mol. The fraction of sp³-hybridized carbons (Fsp3) is 0.224. The van der Waals surface area contributed by atoms with Gasteiger partial charge in [-0.05, 0) is 73.6 Å².